The topological polar surface area (TPSA) is 49.3 Å². The highest BCUT2D eigenvalue weighted by molar-refractivity contribution is 5.80. The largest absolute Gasteiger partial charge is 0.478 e. The Bertz CT molecular complexity index is 377. The van der Waals surface area contributed by atoms with Gasteiger partial charge < -0.3 is 10.4 Å². The second kappa shape index (κ2) is 5.09. The number of alkyl halides is 2. The molecule has 0 bridgehead atoms. The summed E-state index contributed by atoms with van der Waals surface area (Å²) in [4.78, 5) is 10.1. The van der Waals surface area contributed by atoms with E-state index < -0.39 is 12.4 Å². The average molecular weight is 213 g/mol. The second-order valence-electron chi connectivity index (χ2n) is 2.74. The van der Waals surface area contributed by atoms with Crippen LogP contribution in [0.3, 0.4) is 0 Å². The van der Waals surface area contributed by atoms with Crippen molar-refractivity contribution in [2.75, 3.05) is 5.32 Å². The van der Waals surface area contributed by atoms with Gasteiger partial charge >= 0.3 is 5.97 Å². The molecule has 80 valence electrons. The third-order valence-corrected chi connectivity index (χ3v) is 1.61. The fourth-order valence-corrected chi connectivity index (χ4v) is 0.973. The maximum Gasteiger partial charge on any atom is 0.329 e. The predicted octanol–water partition coefficient (Wildman–Crippen LogP) is 2.63. The normalized spacial score (nSPS) is 10.9. The van der Waals surface area contributed by atoms with E-state index in [1.54, 1.807) is 6.07 Å². The number of carbonyl (C=O) groups is 1. The molecule has 0 atom stereocenters. The van der Waals surface area contributed by atoms with Crippen LogP contribution in [0, 0.1) is 0 Å². The van der Waals surface area contributed by atoms with E-state index in [0.717, 1.165) is 6.08 Å². The Balaban J connectivity index is 2.70. The van der Waals surface area contributed by atoms with Gasteiger partial charge in [-0.3, -0.25) is 0 Å². The number of carboxylic acids is 1. The lowest BCUT2D eigenvalue weighted by atomic mass is 10.2. The van der Waals surface area contributed by atoms with E-state index in [9.17, 15) is 13.6 Å². The van der Waals surface area contributed by atoms with Crippen molar-refractivity contribution in [2.45, 2.75) is 6.43 Å². The summed E-state index contributed by atoms with van der Waals surface area (Å²) < 4.78 is 24.5. The van der Waals surface area contributed by atoms with Crippen LogP contribution in [0.2, 0.25) is 0 Å². The zero-order valence-electron chi connectivity index (χ0n) is 7.65. The summed E-state index contributed by atoms with van der Waals surface area (Å²) in [5.41, 5.74) is 0.314. The molecule has 0 radical (unpaired) electrons. The van der Waals surface area contributed by atoms with Gasteiger partial charge in [0, 0.05) is 23.5 Å². The molecule has 1 aromatic rings. The van der Waals surface area contributed by atoms with Crippen molar-refractivity contribution >= 4 is 11.7 Å². The van der Waals surface area contributed by atoms with E-state index >= 15 is 0 Å². The van der Waals surface area contributed by atoms with E-state index in [0.29, 0.717) is 5.69 Å². The smallest absolute Gasteiger partial charge is 0.329 e. The Morgan fingerprint density at radius 2 is 2.20 bits per heavy atom. The first kappa shape index (κ1) is 11.2. The summed E-state index contributed by atoms with van der Waals surface area (Å²) in [7, 11) is 0. The zero-order chi connectivity index (χ0) is 11.3. The van der Waals surface area contributed by atoms with Crippen molar-refractivity contribution in [3.8, 4) is 0 Å². The number of hydrogen-bond acceptors (Lipinski definition) is 2. The summed E-state index contributed by atoms with van der Waals surface area (Å²) in [6.45, 7) is 0. The lowest BCUT2D eigenvalue weighted by Crippen LogP contribution is -1.93. The van der Waals surface area contributed by atoms with Crippen LogP contribution >= 0.6 is 0 Å². The molecule has 0 saturated carbocycles. The lowest BCUT2D eigenvalue weighted by Gasteiger charge is -2.03. The van der Waals surface area contributed by atoms with Gasteiger partial charge in [-0.15, -0.1) is 0 Å². The third-order valence-electron chi connectivity index (χ3n) is 1.61. The Morgan fingerprint density at radius 1 is 1.47 bits per heavy atom. The molecule has 5 heteroatoms. The van der Waals surface area contributed by atoms with Gasteiger partial charge in [0.05, 0.1) is 0 Å². The lowest BCUT2D eigenvalue weighted by molar-refractivity contribution is -0.131. The first-order valence-electron chi connectivity index (χ1n) is 4.13. The Hall–Kier alpha value is -1.91. The fourth-order valence-electron chi connectivity index (χ4n) is 0.973. The quantitative estimate of drug-likeness (QED) is 0.756. The van der Waals surface area contributed by atoms with Crippen LogP contribution in [0.1, 0.15) is 12.0 Å². The summed E-state index contributed by atoms with van der Waals surface area (Å²) in [6, 6.07) is 5.60. The van der Waals surface area contributed by atoms with E-state index in [1.807, 2.05) is 0 Å². The molecule has 0 aliphatic carbocycles. The molecule has 0 amide bonds. The number of rotatable bonds is 4. The maximum absolute atomic E-state index is 12.3. The number of nitrogens with one attached hydrogen (secondary N) is 1. The van der Waals surface area contributed by atoms with Crippen LogP contribution in [0.4, 0.5) is 14.5 Å². The van der Waals surface area contributed by atoms with Gasteiger partial charge in [-0.1, -0.05) is 12.1 Å². The van der Waals surface area contributed by atoms with Gasteiger partial charge in [0.25, 0.3) is 6.43 Å². The maximum atomic E-state index is 12.3. The molecule has 2 N–H and O–H groups in total. The Labute approximate surface area is 85.0 Å². The summed E-state index contributed by atoms with van der Waals surface area (Å²) in [5.74, 6) is -1.10. The van der Waals surface area contributed by atoms with Gasteiger partial charge in [-0.2, -0.15) is 0 Å². The van der Waals surface area contributed by atoms with Crippen LogP contribution in [0.15, 0.2) is 36.5 Å². The molecular formula is C10H9F2NO2. The summed E-state index contributed by atoms with van der Waals surface area (Å²) >= 11 is 0. The summed E-state index contributed by atoms with van der Waals surface area (Å²) in [6.07, 6.45) is -0.475. The monoisotopic (exact) mass is 213 g/mol. The number of anilines is 1. The minimum Gasteiger partial charge on any atom is -0.478 e. The van der Waals surface area contributed by atoms with Crippen molar-refractivity contribution < 1.29 is 18.7 Å². The minimum atomic E-state index is -2.53. The van der Waals surface area contributed by atoms with Crippen LogP contribution in [0.25, 0.3) is 0 Å². The average Bonchev–Trinajstić information content (AvgIpc) is 2.17. The Kier molecular flexibility index (Phi) is 3.79. The highest BCUT2D eigenvalue weighted by Gasteiger charge is 2.05. The molecule has 0 aliphatic heterocycles. The van der Waals surface area contributed by atoms with Crippen LogP contribution in [-0.4, -0.2) is 11.1 Å². The minimum absolute atomic E-state index is 0.108. The highest BCUT2D eigenvalue weighted by Crippen LogP contribution is 2.21. The zero-order valence-corrected chi connectivity index (χ0v) is 7.65. The fraction of sp³-hybridized carbons (Fsp3) is 0.100. The van der Waals surface area contributed by atoms with Gasteiger partial charge in [0.15, 0.2) is 0 Å². The van der Waals surface area contributed by atoms with Crippen molar-refractivity contribution in [3.63, 3.8) is 0 Å². The molecule has 1 aromatic carbocycles. The SMILES string of the molecule is O=C(O)/C=C/Nc1cccc(C(F)F)c1. The molecule has 3 nitrogen and oxygen atoms in total. The van der Waals surface area contributed by atoms with Gasteiger partial charge in [0.1, 0.15) is 0 Å². The van der Waals surface area contributed by atoms with Crippen molar-refractivity contribution in [3.05, 3.63) is 42.1 Å². The summed E-state index contributed by atoms with van der Waals surface area (Å²) in [5, 5.41) is 10.9. The number of hydrogen-bond donors (Lipinski definition) is 2. The molecular weight excluding hydrogens is 204 g/mol. The molecule has 0 fully saturated rings. The van der Waals surface area contributed by atoms with Crippen molar-refractivity contribution in [1.29, 1.82) is 0 Å². The van der Waals surface area contributed by atoms with Gasteiger partial charge in [-0.25, -0.2) is 13.6 Å². The van der Waals surface area contributed by atoms with E-state index in [-0.39, 0.29) is 5.56 Å². The first-order valence-corrected chi connectivity index (χ1v) is 4.13. The first-order chi connectivity index (χ1) is 7.09. The molecule has 15 heavy (non-hydrogen) atoms. The molecule has 0 aromatic heterocycles. The molecule has 0 aliphatic rings. The highest BCUT2D eigenvalue weighted by atomic mass is 19.3. The molecule has 0 spiro atoms. The predicted molar refractivity (Wildman–Crippen MR) is 51.8 cm³/mol. The van der Waals surface area contributed by atoms with Crippen molar-refractivity contribution in [1.82, 2.24) is 0 Å². The molecule has 1 rings (SSSR count). The van der Waals surface area contributed by atoms with E-state index in [2.05, 4.69) is 5.32 Å². The standard InChI is InChI=1S/C10H9F2NO2/c11-10(12)7-2-1-3-8(6-7)13-5-4-9(14)15/h1-6,10,13H,(H,14,15)/b5-4+. The van der Waals surface area contributed by atoms with Crippen LogP contribution in [0.5, 0.6) is 0 Å². The number of aliphatic carboxylic acids is 1. The third kappa shape index (κ3) is 3.76. The van der Waals surface area contributed by atoms with Crippen LogP contribution < -0.4 is 5.32 Å². The van der Waals surface area contributed by atoms with Crippen molar-refractivity contribution in [2.24, 2.45) is 0 Å². The number of benzene rings is 1. The van der Waals surface area contributed by atoms with Gasteiger partial charge in [0.2, 0.25) is 0 Å². The molecule has 0 heterocycles. The number of carboxylic acid groups (broad SMARTS) is 1. The van der Waals surface area contributed by atoms with E-state index in [4.69, 9.17) is 5.11 Å². The second-order valence-corrected chi connectivity index (χ2v) is 2.74. The Morgan fingerprint density at radius 3 is 2.80 bits per heavy atom. The van der Waals surface area contributed by atoms with E-state index in [1.165, 1.54) is 24.4 Å². The number of halogens is 2. The molecule has 0 saturated heterocycles. The van der Waals surface area contributed by atoms with Crippen LogP contribution in [-0.2, 0) is 4.79 Å². The van der Waals surface area contributed by atoms with Gasteiger partial charge in [-0.05, 0) is 12.1 Å². The molecule has 0 unspecified atom stereocenters.